The molecule has 0 N–H and O–H groups in total. The highest BCUT2D eigenvalue weighted by Crippen LogP contribution is 2.57. The maximum absolute atomic E-state index is 13.6. The van der Waals surface area contributed by atoms with Crippen molar-refractivity contribution in [3.63, 3.8) is 0 Å². The summed E-state index contributed by atoms with van der Waals surface area (Å²) in [5, 5.41) is 3.09. The van der Waals surface area contributed by atoms with Gasteiger partial charge in [0.25, 0.3) is 0 Å². The lowest BCUT2D eigenvalue weighted by atomic mass is 9.83. The predicted octanol–water partition coefficient (Wildman–Crippen LogP) is 9.15. The van der Waals surface area contributed by atoms with Crippen LogP contribution in [0.5, 0.6) is 0 Å². The van der Waals surface area contributed by atoms with Crippen LogP contribution in [0.1, 0.15) is 29.9 Å². The zero-order valence-corrected chi connectivity index (χ0v) is 26.7. The standard InChI is InChI=1S/C40H26N2O2S2/c1-40(2)31-19-26(42(24-13-5-3-6-14-24)25-15-7-4-8-16-25)22-41-35(31)39-34(40)38-32(46-39)21-27(45-38)20-30-36(43)28-17-9-11-23-12-10-18-29(33(23)28)37(30)44/h3-22H,1-2H3. The SMILES string of the molecule is CC1(C)c2cc(N(c3ccccc3)c3ccccc3)cnc2-c2sc3cc(C=c4c(=O)c5cccc6cccc(c4=O)c65)sc3c21. The molecule has 0 atom stereocenters. The highest BCUT2D eigenvalue weighted by molar-refractivity contribution is 7.30. The van der Waals surface area contributed by atoms with Gasteiger partial charge in [-0.05, 0) is 53.4 Å². The molecule has 4 nitrogen and oxygen atoms in total. The Kier molecular flexibility index (Phi) is 5.85. The van der Waals surface area contributed by atoms with Gasteiger partial charge in [-0.15, -0.1) is 22.7 Å². The van der Waals surface area contributed by atoms with Crippen molar-refractivity contribution in [2.75, 3.05) is 4.90 Å². The van der Waals surface area contributed by atoms with Crippen LogP contribution in [-0.4, -0.2) is 4.98 Å². The van der Waals surface area contributed by atoms with Gasteiger partial charge in [-0.3, -0.25) is 14.6 Å². The molecule has 0 saturated carbocycles. The molecule has 8 aromatic rings. The molecular formula is C40H26N2O2S2. The van der Waals surface area contributed by atoms with Gasteiger partial charge in [0.05, 0.1) is 32.4 Å². The number of fused-ring (bicyclic) bond motifs is 5. The Hall–Kier alpha value is -5.17. The van der Waals surface area contributed by atoms with Crippen molar-refractivity contribution in [3.05, 3.63) is 157 Å². The van der Waals surface area contributed by atoms with E-state index in [1.165, 1.54) is 20.7 Å². The number of nitrogens with zero attached hydrogens (tertiary/aromatic N) is 2. The first-order valence-electron chi connectivity index (χ1n) is 15.2. The molecule has 46 heavy (non-hydrogen) atoms. The van der Waals surface area contributed by atoms with Crippen LogP contribution < -0.4 is 21.0 Å². The van der Waals surface area contributed by atoms with Gasteiger partial charge in [0.1, 0.15) is 0 Å². The fourth-order valence-electron chi connectivity index (χ4n) is 7.07. The highest BCUT2D eigenvalue weighted by atomic mass is 32.1. The Morgan fingerprint density at radius 2 is 1.35 bits per heavy atom. The molecule has 0 radical (unpaired) electrons. The first-order valence-corrected chi connectivity index (χ1v) is 16.8. The van der Waals surface area contributed by atoms with Crippen LogP contribution in [0.25, 0.3) is 47.6 Å². The zero-order valence-electron chi connectivity index (χ0n) is 25.1. The first-order chi connectivity index (χ1) is 22.4. The molecule has 0 amide bonds. The van der Waals surface area contributed by atoms with E-state index in [2.05, 4.69) is 79.4 Å². The maximum atomic E-state index is 13.6. The van der Waals surface area contributed by atoms with Crippen molar-refractivity contribution in [3.8, 4) is 10.6 Å². The van der Waals surface area contributed by atoms with Crippen LogP contribution in [0.3, 0.4) is 0 Å². The molecule has 6 heteroatoms. The molecule has 3 heterocycles. The highest BCUT2D eigenvalue weighted by Gasteiger charge is 2.41. The number of hydrogen-bond donors (Lipinski definition) is 0. The second-order valence-electron chi connectivity index (χ2n) is 12.3. The minimum atomic E-state index is -0.286. The van der Waals surface area contributed by atoms with Crippen LogP contribution in [0.15, 0.2) is 125 Å². The van der Waals surface area contributed by atoms with E-state index in [9.17, 15) is 9.59 Å². The van der Waals surface area contributed by atoms with Crippen molar-refractivity contribution in [1.29, 1.82) is 0 Å². The summed E-state index contributed by atoms with van der Waals surface area (Å²) >= 11 is 3.39. The second-order valence-corrected chi connectivity index (χ2v) is 14.4. The van der Waals surface area contributed by atoms with Gasteiger partial charge >= 0.3 is 0 Å². The van der Waals surface area contributed by atoms with Gasteiger partial charge in [0.15, 0.2) is 10.9 Å². The monoisotopic (exact) mass is 630 g/mol. The molecule has 0 fully saturated rings. The number of hydrogen-bond acceptors (Lipinski definition) is 6. The number of pyridine rings is 1. The van der Waals surface area contributed by atoms with Crippen molar-refractivity contribution in [2.24, 2.45) is 0 Å². The molecule has 5 aromatic carbocycles. The molecule has 0 bridgehead atoms. The van der Waals surface area contributed by atoms with E-state index in [0.717, 1.165) is 43.1 Å². The Bertz CT molecular complexity index is 2550. The summed E-state index contributed by atoms with van der Waals surface area (Å²) in [7, 11) is 0. The molecule has 1 aliphatic carbocycles. The van der Waals surface area contributed by atoms with Crippen LogP contribution in [0.2, 0.25) is 0 Å². The van der Waals surface area contributed by atoms with Crippen molar-refractivity contribution in [1.82, 2.24) is 4.98 Å². The third-order valence-corrected chi connectivity index (χ3v) is 11.6. The summed E-state index contributed by atoms with van der Waals surface area (Å²) in [6.45, 7) is 4.54. The van der Waals surface area contributed by atoms with Crippen LogP contribution in [-0.2, 0) is 5.41 Å². The van der Waals surface area contributed by atoms with E-state index in [-0.39, 0.29) is 21.5 Å². The topological polar surface area (TPSA) is 50.3 Å². The van der Waals surface area contributed by atoms with Gasteiger partial charge in [-0.2, -0.15) is 0 Å². The van der Waals surface area contributed by atoms with E-state index >= 15 is 0 Å². The number of para-hydroxylation sites is 2. The maximum Gasteiger partial charge on any atom is 0.197 e. The minimum Gasteiger partial charge on any atom is -0.309 e. The molecule has 0 spiro atoms. The van der Waals surface area contributed by atoms with Crippen molar-refractivity contribution < 1.29 is 0 Å². The van der Waals surface area contributed by atoms with Crippen LogP contribution >= 0.6 is 22.7 Å². The van der Waals surface area contributed by atoms with Gasteiger partial charge in [0.2, 0.25) is 0 Å². The molecule has 3 aromatic heterocycles. The Morgan fingerprint density at radius 1 is 0.717 bits per heavy atom. The van der Waals surface area contributed by atoms with E-state index in [1.54, 1.807) is 28.7 Å². The van der Waals surface area contributed by atoms with E-state index < -0.39 is 0 Å². The van der Waals surface area contributed by atoms with Crippen LogP contribution in [0.4, 0.5) is 17.1 Å². The third kappa shape index (κ3) is 3.87. The van der Waals surface area contributed by atoms with Crippen molar-refractivity contribution in [2.45, 2.75) is 19.3 Å². The quantitative estimate of drug-likeness (QED) is 0.195. The Morgan fingerprint density at radius 3 is 1.98 bits per heavy atom. The number of benzene rings is 5. The molecule has 220 valence electrons. The third-order valence-electron chi connectivity index (χ3n) is 9.23. The average molecular weight is 631 g/mol. The normalized spacial score (nSPS) is 13.3. The summed E-state index contributed by atoms with van der Waals surface area (Å²) in [4.78, 5) is 36.7. The summed E-state index contributed by atoms with van der Waals surface area (Å²) in [5.41, 5.74) is 5.95. The van der Waals surface area contributed by atoms with Crippen LogP contribution in [0, 0.1) is 0 Å². The van der Waals surface area contributed by atoms with E-state index in [1.807, 2.05) is 54.7 Å². The van der Waals surface area contributed by atoms with Crippen molar-refractivity contribution >= 4 is 76.8 Å². The molecule has 9 rings (SSSR count). The van der Waals surface area contributed by atoms with Gasteiger partial charge in [0, 0.05) is 48.1 Å². The molecule has 0 unspecified atom stereocenters. The lowest BCUT2D eigenvalue weighted by Gasteiger charge is -2.27. The predicted molar refractivity (Wildman–Crippen MR) is 194 cm³/mol. The summed E-state index contributed by atoms with van der Waals surface area (Å²) < 4.78 is 2.34. The smallest absolute Gasteiger partial charge is 0.197 e. The Labute approximate surface area is 272 Å². The average Bonchev–Trinajstić information content (AvgIpc) is 3.70. The fourth-order valence-corrected chi connectivity index (χ4v) is 9.98. The van der Waals surface area contributed by atoms with Gasteiger partial charge in [-0.25, -0.2) is 0 Å². The van der Waals surface area contributed by atoms with E-state index in [0.29, 0.717) is 10.8 Å². The largest absolute Gasteiger partial charge is 0.309 e. The fraction of sp³-hybridized carbons (Fsp3) is 0.0750. The van der Waals surface area contributed by atoms with E-state index in [4.69, 9.17) is 4.98 Å². The molecule has 0 aliphatic heterocycles. The summed E-state index contributed by atoms with van der Waals surface area (Å²) in [5.74, 6) is 0. The molecule has 1 aliphatic rings. The Balaban J connectivity index is 1.18. The second kappa shape index (κ2) is 9.91. The zero-order chi connectivity index (χ0) is 31.2. The number of thiophene rings is 2. The summed E-state index contributed by atoms with van der Waals surface area (Å²) in [6, 6.07) is 36.5. The van der Waals surface area contributed by atoms with Gasteiger partial charge in [-0.1, -0.05) is 86.6 Å². The number of aromatic nitrogens is 1. The minimum absolute atomic E-state index is 0.206. The van der Waals surface area contributed by atoms with Gasteiger partial charge < -0.3 is 4.90 Å². The molecular weight excluding hydrogens is 605 g/mol. The number of anilines is 3. The first kappa shape index (κ1) is 27.2. The lowest BCUT2D eigenvalue weighted by molar-refractivity contribution is 0.666. The summed E-state index contributed by atoms with van der Waals surface area (Å²) in [6.07, 6.45) is 3.78. The number of rotatable bonds is 4. The molecule has 0 saturated heterocycles. The lowest BCUT2D eigenvalue weighted by Crippen LogP contribution is -2.38.